The van der Waals surface area contributed by atoms with Gasteiger partial charge < -0.3 is 9.47 Å². The molecule has 0 spiro atoms. The average Bonchev–Trinajstić information content (AvgIpc) is 2.77. The summed E-state index contributed by atoms with van der Waals surface area (Å²) in [5.74, 6) is 0.698. The van der Waals surface area contributed by atoms with Crippen LogP contribution in [0.25, 0.3) is 0 Å². The predicted molar refractivity (Wildman–Crippen MR) is 132 cm³/mol. The Balaban J connectivity index is 1.75. The predicted octanol–water partition coefficient (Wildman–Crippen LogP) is 7.92. The Bertz CT molecular complexity index is 1100. The summed E-state index contributed by atoms with van der Waals surface area (Å²) < 4.78 is 10.6. The third kappa shape index (κ3) is 6.51. The van der Waals surface area contributed by atoms with E-state index in [-0.39, 0.29) is 10.8 Å². The van der Waals surface area contributed by atoms with Gasteiger partial charge in [-0.2, -0.15) is 10.2 Å². The lowest BCUT2D eigenvalue weighted by atomic mass is 9.80. The summed E-state index contributed by atoms with van der Waals surface area (Å²) in [5.41, 5.74) is 4.43. The first-order chi connectivity index (χ1) is 15.5. The second-order valence-corrected chi connectivity index (χ2v) is 10.1. The van der Waals surface area contributed by atoms with Gasteiger partial charge in [0.2, 0.25) is 0 Å². The van der Waals surface area contributed by atoms with Crippen molar-refractivity contribution < 1.29 is 14.3 Å². The molecule has 0 N–H and O–H groups in total. The van der Waals surface area contributed by atoms with Gasteiger partial charge in [0.1, 0.15) is 11.5 Å². The van der Waals surface area contributed by atoms with Crippen LogP contribution in [0, 0.1) is 0 Å². The van der Waals surface area contributed by atoms with E-state index in [1.165, 1.54) is 11.1 Å². The number of ether oxygens (including phenoxy) is 2. The highest BCUT2D eigenvalue weighted by Crippen LogP contribution is 2.33. The van der Waals surface area contributed by atoms with E-state index in [0.717, 1.165) is 5.69 Å². The molecule has 0 fully saturated rings. The van der Waals surface area contributed by atoms with Crippen molar-refractivity contribution in [2.45, 2.75) is 52.4 Å². The minimum atomic E-state index is -0.430. The summed E-state index contributed by atoms with van der Waals surface area (Å²) in [4.78, 5) is 12.3. The lowest BCUT2D eigenvalue weighted by Crippen LogP contribution is -2.16. The molecular formula is C28H32N2O3. The van der Waals surface area contributed by atoms with Crippen molar-refractivity contribution in [3.63, 3.8) is 0 Å². The van der Waals surface area contributed by atoms with Gasteiger partial charge in [0.05, 0.1) is 24.0 Å². The van der Waals surface area contributed by atoms with Crippen LogP contribution in [0.5, 0.6) is 11.5 Å². The summed E-state index contributed by atoms with van der Waals surface area (Å²) in [6.45, 7) is 13.2. The van der Waals surface area contributed by atoms with Crippen molar-refractivity contribution in [2.24, 2.45) is 10.2 Å². The van der Waals surface area contributed by atoms with Gasteiger partial charge in [-0.25, -0.2) is 4.79 Å². The zero-order chi connectivity index (χ0) is 24.2. The van der Waals surface area contributed by atoms with Crippen LogP contribution >= 0.6 is 0 Å². The molecule has 0 saturated carbocycles. The molecule has 0 aliphatic carbocycles. The maximum Gasteiger partial charge on any atom is 0.343 e. The zero-order valence-corrected chi connectivity index (χ0v) is 20.5. The van der Waals surface area contributed by atoms with Crippen LogP contribution < -0.4 is 9.47 Å². The highest BCUT2D eigenvalue weighted by molar-refractivity contribution is 5.91. The first kappa shape index (κ1) is 24.2. The Morgan fingerprint density at radius 3 is 1.64 bits per heavy atom. The number of carbonyl (C=O) groups is 1. The molecule has 3 rings (SSSR count). The second kappa shape index (κ2) is 9.57. The lowest BCUT2D eigenvalue weighted by Gasteiger charge is -2.25. The van der Waals surface area contributed by atoms with E-state index >= 15 is 0 Å². The molecule has 0 aliphatic heterocycles. The van der Waals surface area contributed by atoms with Crippen molar-refractivity contribution >= 4 is 17.3 Å². The van der Waals surface area contributed by atoms with Gasteiger partial charge in [0.15, 0.2) is 0 Å². The highest BCUT2D eigenvalue weighted by Gasteiger charge is 2.20. The molecule has 0 aromatic heterocycles. The Morgan fingerprint density at radius 2 is 1.15 bits per heavy atom. The van der Waals surface area contributed by atoms with E-state index in [4.69, 9.17) is 9.47 Å². The van der Waals surface area contributed by atoms with Crippen LogP contribution in [0.1, 0.15) is 63.0 Å². The molecule has 5 heteroatoms. The van der Waals surface area contributed by atoms with Crippen molar-refractivity contribution in [3.05, 3.63) is 83.4 Å². The first-order valence-corrected chi connectivity index (χ1v) is 11.0. The quantitative estimate of drug-likeness (QED) is 0.228. The molecule has 0 amide bonds. The van der Waals surface area contributed by atoms with Gasteiger partial charge in [0, 0.05) is 0 Å². The summed E-state index contributed by atoms with van der Waals surface area (Å²) in [6.07, 6.45) is 0. The fraction of sp³-hybridized carbons (Fsp3) is 0.321. The van der Waals surface area contributed by atoms with E-state index in [9.17, 15) is 4.79 Å². The van der Waals surface area contributed by atoms with E-state index in [2.05, 4.69) is 70.0 Å². The fourth-order valence-corrected chi connectivity index (χ4v) is 3.12. The van der Waals surface area contributed by atoms with Crippen molar-refractivity contribution in [1.29, 1.82) is 0 Å². The standard InChI is InChI=1S/C28H32N2O3/c1-27(2,3)20-16-21(28(4,5)6)18-23(17-20)30-29-22-10-14-25(15-11-22)33-26(31)19-8-12-24(32-7)13-9-19/h8-18H,1-7H3/b30-29-. The van der Waals surface area contributed by atoms with Crippen LogP contribution in [0.3, 0.4) is 0 Å². The topological polar surface area (TPSA) is 60.2 Å². The number of esters is 1. The largest absolute Gasteiger partial charge is 0.497 e. The van der Waals surface area contributed by atoms with Gasteiger partial charge in [-0.15, -0.1) is 0 Å². The van der Waals surface area contributed by atoms with Crippen molar-refractivity contribution in [3.8, 4) is 11.5 Å². The van der Waals surface area contributed by atoms with Crippen molar-refractivity contribution in [2.75, 3.05) is 7.11 Å². The van der Waals surface area contributed by atoms with Gasteiger partial charge in [-0.05, 0) is 82.6 Å². The molecule has 5 nitrogen and oxygen atoms in total. The highest BCUT2D eigenvalue weighted by atomic mass is 16.5. The summed E-state index contributed by atoms with van der Waals surface area (Å²) in [5, 5.41) is 8.88. The van der Waals surface area contributed by atoms with Gasteiger partial charge >= 0.3 is 5.97 Å². The SMILES string of the molecule is COc1ccc(C(=O)Oc2ccc(/N=N\c3cc(C(C)(C)C)cc(C(C)(C)C)c3)cc2)cc1. The summed E-state index contributed by atoms with van der Waals surface area (Å²) in [7, 11) is 1.58. The number of benzene rings is 3. The zero-order valence-electron chi connectivity index (χ0n) is 20.5. The molecule has 3 aromatic rings. The van der Waals surface area contributed by atoms with E-state index in [1.54, 1.807) is 55.6 Å². The number of nitrogens with zero attached hydrogens (tertiary/aromatic N) is 2. The molecule has 0 unspecified atom stereocenters. The monoisotopic (exact) mass is 444 g/mol. The molecule has 0 aliphatic rings. The molecule has 0 atom stereocenters. The Hall–Kier alpha value is -3.47. The molecule has 172 valence electrons. The minimum absolute atomic E-state index is 0.0148. The fourth-order valence-electron chi connectivity index (χ4n) is 3.12. The van der Waals surface area contributed by atoms with Gasteiger partial charge in [0.25, 0.3) is 0 Å². The maximum atomic E-state index is 12.3. The van der Waals surface area contributed by atoms with Crippen LogP contribution in [0.15, 0.2) is 77.0 Å². The molecule has 3 aromatic carbocycles. The normalized spacial score (nSPS) is 12.1. The van der Waals surface area contributed by atoms with E-state index in [1.807, 2.05) is 0 Å². The average molecular weight is 445 g/mol. The molecule has 0 heterocycles. The first-order valence-electron chi connectivity index (χ1n) is 11.0. The molecule has 0 radical (unpaired) electrons. The lowest BCUT2D eigenvalue weighted by molar-refractivity contribution is 0.0734. The Kier molecular flexibility index (Phi) is 7.01. The van der Waals surface area contributed by atoms with Gasteiger partial charge in [-0.3, -0.25) is 0 Å². The molecule has 33 heavy (non-hydrogen) atoms. The number of hydrogen-bond acceptors (Lipinski definition) is 5. The van der Waals surface area contributed by atoms with Crippen LogP contribution in [-0.4, -0.2) is 13.1 Å². The number of hydrogen-bond donors (Lipinski definition) is 0. The third-order valence-corrected chi connectivity index (χ3v) is 5.30. The Labute approximate surface area is 196 Å². The van der Waals surface area contributed by atoms with Crippen molar-refractivity contribution in [1.82, 2.24) is 0 Å². The summed E-state index contributed by atoms with van der Waals surface area (Å²) in [6, 6.07) is 20.2. The smallest absolute Gasteiger partial charge is 0.343 e. The van der Waals surface area contributed by atoms with E-state index < -0.39 is 5.97 Å². The molecule has 0 bridgehead atoms. The minimum Gasteiger partial charge on any atom is -0.497 e. The second-order valence-electron chi connectivity index (χ2n) is 10.1. The number of methoxy groups -OCH3 is 1. The van der Waals surface area contributed by atoms with Crippen LogP contribution in [-0.2, 0) is 10.8 Å². The van der Waals surface area contributed by atoms with Crippen LogP contribution in [0.4, 0.5) is 11.4 Å². The molecule has 0 saturated heterocycles. The van der Waals surface area contributed by atoms with E-state index in [0.29, 0.717) is 22.7 Å². The van der Waals surface area contributed by atoms with Crippen LogP contribution in [0.2, 0.25) is 0 Å². The summed E-state index contributed by atoms with van der Waals surface area (Å²) >= 11 is 0. The number of carbonyl (C=O) groups excluding carboxylic acids is 1. The third-order valence-electron chi connectivity index (χ3n) is 5.30. The molecular weight excluding hydrogens is 412 g/mol. The van der Waals surface area contributed by atoms with Gasteiger partial charge in [-0.1, -0.05) is 47.6 Å². The number of rotatable bonds is 5. The number of azo groups is 1. The Morgan fingerprint density at radius 1 is 0.667 bits per heavy atom. The maximum absolute atomic E-state index is 12.3.